The van der Waals surface area contributed by atoms with E-state index >= 15 is 0 Å². The molecule has 0 saturated carbocycles. The number of aryl methyl sites for hydroxylation is 1. The van der Waals surface area contributed by atoms with Crippen LogP contribution in [0.3, 0.4) is 0 Å². The highest BCUT2D eigenvalue weighted by Gasteiger charge is 2.21. The molecule has 3 aromatic rings. The van der Waals surface area contributed by atoms with Crippen molar-refractivity contribution in [3.8, 4) is 5.69 Å². The number of thioether (sulfide) groups is 1. The molecule has 2 heterocycles. The third-order valence-corrected chi connectivity index (χ3v) is 4.95. The first kappa shape index (κ1) is 17.9. The Labute approximate surface area is 155 Å². The first-order valence-electron chi connectivity index (χ1n) is 7.75. The molecule has 3 rings (SSSR count). The van der Waals surface area contributed by atoms with Crippen molar-refractivity contribution in [2.45, 2.75) is 30.8 Å². The number of hydrogen-bond donors (Lipinski definition) is 0. The average molecular weight is 379 g/mol. The van der Waals surface area contributed by atoms with Crippen molar-refractivity contribution in [1.29, 1.82) is 0 Å². The Hall–Kier alpha value is -1.90. The largest absolute Gasteiger partial charge is 0.425 e. The smallest absolute Gasteiger partial charge is 0.226 e. The van der Waals surface area contributed by atoms with Crippen LogP contribution in [-0.2, 0) is 5.75 Å². The molecule has 0 radical (unpaired) electrons. The second-order valence-corrected chi connectivity index (χ2v) is 7.17. The fourth-order valence-electron chi connectivity index (χ4n) is 2.23. The molecular weight excluding hydrogens is 360 g/mol. The van der Waals surface area contributed by atoms with Crippen molar-refractivity contribution >= 4 is 23.4 Å². The van der Waals surface area contributed by atoms with E-state index in [1.165, 1.54) is 11.8 Å². The van der Waals surface area contributed by atoms with Gasteiger partial charge in [0.15, 0.2) is 11.0 Å². The van der Waals surface area contributed by atoms with Gasteiger partial charge in [-0.1, -0.05) is 23.4 Å². The van der Waals surface area contributed by atoms with Crippen LogP contribution in [0.4, 0.5) is 0 Å². The molecule has 0 aliphatic heterocycles. The van der Waals surface area contributed by atoms with E-state index in [4.69, 9.17) is 16.0 Å². The summed E-state index contributed by atoms with van der Waals surface area (Å²) in [5.74, 6) is 2.51. The van der Waals surface area contributed by atoms with Crippen molar-refractivity contribution in [3.05, 3.63) is 46.9 Å². The maximum Gasteiger partial charge on any atom is 0.226 e. The van der Waals surface area contributed by atoms with E-state index in [1.54, 1.807) is 6.92 Å². The highest BCUT2D eigenvalue weighted by Crippen LogP contribution is 2.29. The molecule has 7 nitrogen and oxygen atoms in total. The number of nitrogens with zero attached hydrogens (tertiary/aromatic N) is 6. The van der Waals surface area contributed by atoms with Crippen LogP contribution >= 0.6 is 23.4 Å². The minimum absolute atomic E-state index is 0.100. The first-order valence-corrected chi connectivity index (χ1v) is 9.11. The number of rotatable bonds is 6. The molecule has 9 heteroatoms. The van der Waals surface area contributed by atoms with Crippen LogP contribution in [0.2, 0.25) is 5.02 Å². The quantitative estimate of drug-likeness (QED) is 0.607. The van der Waals surface area contributed by atoms with Crippen molar-refractivity contribution < 1.29 is 4.42 Å². The van der Waals surface area contributed by atoms with Crippen LogP contribution in [0.25, 0.3) is 5.69 Å². The number of hydrogen-bond acceptors (Lipinski definition) is 7. The summed E-state index contributed by atoms with van der Waals surface area (Å²) in [4.78, 5) is 2.09. The lowest BCUT2D eigenvalue weighted by Crippen LogP contribution is -2.20. The summed E-state index contributed by atoms with van der Waals surface area (Å²) in [6, 6.07) is 7.73. The van der Waals surface area contributed by atoms with Crippen LogP contribution < -0.4 is 0 Å². The Morgan fingerprint density at radius 1 is 1.16 bits per heavy atom. The normalized spacial score (nSPS) is 12.7. The van der Waals surface area contributed by atoms with Crippen LogP contribution in [-0.4, -0.2) is 44.0 Å². The molecule has 1 aromatic carbocycles. The van der Waals surface area contributed by atoms with E-state index in [-0.39, 0.29) is 6.04 Å². The second kappa shape index (κ2) is 7.55. The molecule has 132 valence electrons. The molecule has 2 aromatic heterocycles. The highest BCUT2D eigenvalue weighted by atomic mass is 35.5. The Kier molecular flexibility index (Phi) is 5.41. The Balaban J connectivity index is 1.95. The third-order valence-electron chi connectivity index (χ3n) is 3.78. The van der Waals surface area contributed by atoms with E-state index in [2.05, 4.69) is 32.2 Å². The van der Waals surface area contributed by atoms with Crippen molar-refractivity contribution in [1.82, 2.24) is 29.9 Å². The van der Waals surface area contributed by atoms with Crippen LogP contribution in [0.15, 0.2) is 33.8 Å². The molecule has 0 fully saturated rings. The van der Waals surface area contributed by atoms with Gasteiger partial charge in [-0.3, -0.25) is 9.47 Å². The van der Waals surface area contributed by atoms with Gasteiger partial charge in [-0.2, -0.15) is 0 Å². The van der Waals surface area contributed by atoms with E-state index in [1.807, 2.05) is 42.9 Å². The molecule has 25 heavy (non-hydrogen) atoms. The standard InChI is InChI=1S/C16H19ClN6OS/c1-10(22(3)4)15-20-21-16(25-9-14-19-18-11(2)24-14)23(15)13-7-5-12(17)6-8-13/h5-8,10H,9H2,1-4H3. The molecule has 0 N–H and O–H groups in total. The van der Waals surface area contributed by atoms with Crippen molar-refractivity contribution in [3.63, 3.8) is 0 Å². The van der Waals surface area contributed by atoms with Gasteiger partial charge in [-0.25, -0.2) is 0 Å². The first-order chi connectivity index (χ1) is 12.0. The van der Waals surface area contributed by atoms with E-state index in [0.717, 1.165) is 16.7 Å². The summed E-state index contributed by atoms with van der Waals surface area (Å²) < 4.78 is 7.47. The maximum absolute atomic E-state index is 6.03. The average Bonchev–Trinajstić information content (AvgIpc) is 3.19. The summed E-state index contributed by atoms with van der Waals surface area (Å²) in [6.45, 7) is 3.86. The number of halogens is 1. The van der Waals surface area contributed by atoms with Gasteiger partial charge in [0.1, 0.15) is 0 Å². The minimum Gasteiger partial charge on any atom is -0.425 e. The highest BCUT2D eigenvalue weighted by molar-refractivity contribution is 7.98. The predicted octanol–water partition coefficient (Wildman–Crippen LogP) is 3.53. The molecule has 1 unspecified atom stereocenters. The molecule has 0 amide bonds. The lowest BCUT2D eigenvalue weighted by Gasteiger charge is -2.20. The van der Waals surface area contributed by atoms with Gasteiger partial charge in [0, 0.05) is 17.6 Å². The van der Waals surface area contributed by atoms with E-state index in [0.29, 0.717) is 22.6 Å². The number of benzene rings is 1. The van der Waals surface area contributed by atoms with E-state index in [9.17, 15) is 0 Å². The molecular formula is C16H19ClN6OS. The molecule has 0 spiro atoms. The second-order valence-electron chi connectivity index (χ2n) is 5.80. The van der Waals surface area contributed by atoms with Gasteiger partial charge in [-0.05, 0) is 45.3 Å². The van der Waals surface area contributed by atoms with Crippen LogP contribution in [0.5, 0.6) is 0 Å². The Bertz CT molecular complexity index is 845. The Morgan fingerprint density at radius 3 is 2.48 bits per heavy atom. The lowest BCUT2D eigenvalue weighted by atomic mass is 10.2. The van der Waals surface area contributed by atoms with Gasteiger partial charge in [0.25, 0.3) is 0 Å². The third kappa shape index (κ3) is 4.02. The summed E-state index contributed by atoms with van der Waals surface area (Å²) in [5, 5.41) is 18.1. The number of aromatic nitrogens is 5. The summed E-state index contributed by atoms with van der Waals surface area (Å²) >= 11 is 7.53. The minimum atomic E-state index is 0.100. The zero-order valence-electron chi connectivity index (χ0n) is 14.5. The lowest BCUT2D eigenvalue weighted by molar-refractivity contribution is 0.305. The predicted molar refractivity (Wildman–Crippen MR) is 97.1 cm³/mol. The summed E-state index contributed by atoms with van der Waals surface area (Å²) in [5.41, 5.74) is 0.960. The maximum atomic E-state index is 6.03. The summed E-state index contributed by atoms with van der Waals surface area (Å²) in [6.07, 6.45) is 0. The topological polar surface area (TPSA) is 72.9 Å². The van der Waals surface area contributed by atoms with Crippen LogP contribution in [0, 0.1) is 6.92 Å². The molecule has 1 atom stereocenters. The van der Waals surface area contributed by atoms with Crippen LogP contribution in [0.1, 0.15) is 30.6 Å². The molecule has 0 aliphatic carbocycles. The molecule has 0 bridgehead atoms. The fourth-order valence-corrected chi connectivity index (χ4v) is 3.15. The summed E-state index contributed by atoms with van der Waals surface area (Å²) in [7, 11) is 4.03. The zero-order chi connectivity index (χ0) is 18.0. The fraction of sp³-hybridized carbons (Fsp3) is 0.375. The van der Waals surface area contributed by atoms with Gasteiger partial charge in [-0.15, -0.1) is 20.4 Å². The zero-order valence-corrected chi connectivity index (χ0v) is 16.0. The van der Waals surface area contributed by atoms with Crippen molar-refractivity contribution in [2.75, 3.05) is 14.1 Å². The monoisotopic (exact) mass is 378 g/mol. The van der Waals surface area contributed by atoms with Gasteiger partial charge in [0.05, 0.1) is 11.8 Å². The molecule has 0 saturated heterocycles. The van der Waals surface area contributed by atoms with Gasteiger partial charge in [0.2, 0.25) is 11.8 Å². The molecule has 0 aliphatic rings. The van der Waals surface area contributed by atoms with E-state index < -0.39 is 0 Å². The Morgan fingerprint density at radius 2 is 1.88 bits per heavy atom. The van der Waals surface area contributed by atoms with Crippen molar-refractivity contribution in [2.24, 2.45) is 0 Å². The van der Waals surface area contributed by atoms with Gasteiger partial charge < -0.3 is 4.42 Å². The van der Waals surface area contributed by atoms with Gasteiger partial charge >= 0.3 is 0 Å². The SMILES string of the molecule is Cc1nnc(CSc2nnc(C(C)N(C)C)n2-c2ccc(Cl)cc2)o1.